The van der Waals surface area contributed by atoms with E-state index in [1.54, 1.807) is 13.3 Å². The van der Waals surface area contributed by atoms with E-state index in [1.807, 2.05) is 0 Å². The lowest BCUT2D eigenvalue weighted by molar-refractivity contribution is -0.143. The third-order valence-electron chi connectivity index (χ3n) is 0.592. The van der Waals surface area contributed by atoms with E-state index >= 15 is 0 Å². The van der Waals surface area contributed by atoms with Crippen molar-refractivity contribution in [1.29, 1.82) is 0 Å². The Kier molecular flexibility index (Phi) is 7.62. The van der Waals surface area contributed by atoms with E-state index in [2.05, 4.69) is 4.52 Å². The highest BCUT2D eigenvalue weighted by atomic mass is 31.2. The van der Waals surface area contributed by atoms with Crippen LogP contribution in [0.25, 0.3) is 0 Å². The van der Waals surface area contributed by atoms with E-state index in [-0.39, 0.29) is 0 Å². The molecule has 0 aromatic rings. The van der Waals surface area contributed by atoms with E-state index in [0.29, 0.717) is 11.5 Å². The van der Waals surface area contributed by atoms with Crippen LogP contribution in [-0.4, -0.2) is 44.2 Å². The van der Waals surface area contributed by atoms with Crippen LogP contribution >= 0.6 is 7.37 Å². The number of hydrogen-bond donors (Lipinski definition) is 1. The number of carbonyl (C=O) groups excluding carboxylic acids is 1. The quantitative estimate of drug-likeness (QED) is 0.295. The topological polar surface area (TPSA) is 66.8 Å². The fourth-order valence-electron chi connectivity index (χ4n) is 0. The molecule has 11 heavy (non-hydrogen) atoms. The van der Waals surface area contributed by atoms with Crippen LogP contribution in [0.2, 0.25) is 0 Å². The van der Waals surface area contributed by atoms with Gasteiger partial charge in [-0.2, -0.15) is 0 Å². The second kappa shape index (κ2) is 6.34. The maximum absolute atomic E-state index is 10.4. The molecule has 6 heteroatoms. The van der Waals surface area contributed by atoms with Crippen LogP contribution in [0.15, 0.2) is 0 Å². The van der Waals surface area contributed by atoms with Crippen LogP contribution in [0.3, 0.4) is 0 Å². The lowest BCUT2D eigenvalue weighted by atomic mass is 11.2. The number of nitrogens with zero attached hydrogens (tertiary/aromatic N) is 1. The molecule has 0 aromatic carbocycles. The number of carbonyl (C=O) groups is 1. The van der Waals surface area contributed by atoms with Gasteiger partial charge in [-0.25, -0.2) is 5.06 Å². The van der Waals surface area contributed by atoms with Gasteiger partial charge >= 0.3 is 0 Å². The zero-order chi connectivity index (χ0) is 9.49. The van der Waals surface area contributed by atoms with Gasteiger partial charge in [-0.15, -0.1) is 0 Å². The first-order valence-corrected chi connectivity index (χ1v) is 5.33. The zero-order valence-corrected chi connectivity index (χ0v) is 8.04. The normalized spacial score (nSPS) is 9.55. The van der Waals surface area contributed by atoms with Gasteiger partial charge in [-0.3, -0.25) is 14.6 Å². The van der Waals surface area contributed by atoms with Crippen molar-refractivity contribution in [2.45, 2.75) is 0 Å². The minimum absolute atomic E-state index is 0.306. The minimum Gasteiger partial charge on any atom is -0.332 e. The van der Waals surface area contributed by atoms with Crippen LogP contribution in [0.5, 0.6) is 0 Å². The predicted molar refractivity (Wildman–Crippen MR) is 42.1 cm³/mol. The monoisotopic (exact) mass is 183 g/mol. The van der Waals surface area contributed by atoms with Crippen LogP contribution in [0.1, 0.15) is 0 Å². The molecule has 0 aromatic heterocycles. The van der Waals surface area contributed by atoms with Gasteiger partial charge < -0.3 is 4.52 Å². The Hall–Kier alpha value is -0.380. The van der Waals surface area contributed by atoms with Crippen LogP contribution in [0.4, 0.5) is 0 Å². The van der Waals surface area contributed by atoms with Crippen molar-refractivity contribution >= 4 is 13.8 Å². The van der Waals surface area contributed by atoms with Crippen molar-refractivity contribution < 1.29 is 19.1 Å². The van der Waals surface area contributed by atoms with E-state index in [4.69, 9.17) is 5.21 Å². The fourth-order valence-corrected chi connectivity index (χ4v) is 0. The van der Waals surface area contributed by atoms with Crippen molar-refractivity contribution in [3.63, 3.8) is 0 Å². The second-order valence-corrected chi connectivity index (χ2v) is 4.98. The van der Waals surface area contributed by atoms with E-state index in [9.17, 15) is 9.36 Å². The highest BCUT2D eigenvalue weighted by molar-refractivity contribution is 7.57. The molecule has 0 saturated heterocycles. The molecule has 0 bridgehead atoms. The summed E-state index contributed by atoms with van der Waals surface area (Å²) >= 11 is 0. The van der Waals surface area contributed by atoms with Gasteiger partial charge in [0.15, 0.2) is 7.37 Å². The van der Waals surface area contributed by atoms with Gasteiger partial charge in [0.1, 0.15) is 0 Å². The van der Waals surface area contributed by atoms with E-state index < -0.39 is 7.37 Å². The Labute approximate surface area is 66.4 Å². The summed E-state index contributed by atoms with van der Waals surface area (Å²) in [5.74, 6) is 0. The molecule has 0 aliphatic carbocycles. The van der Waals surface area contributed by atoms with Crippen molar-refractivity contribution in [3.8, 4) is 0 Å². The summed E-state index contributed by atoms with van der Waals surface area (Å²) in [6.45, 7) is 3.15. The molecule has 0 atom stereocenters. The standard InChI is InChI=1S/C3H9O2P.C2H5NO2/c1-5-6(2,3)4;1-3(5)2-4/h1-3H3;2,5H,1H3. The molecular weight excluding hydrogens is 169 g/mol. The fraction of sp³-hybridized carbons (Fsp3) is 0.800. The van der Waals surface area contributed by atoms with Gasteiger partial charge in [0.25, 0.3) is 0 Å². The SMILES string of the molecule is CN(O)C=O.COP(C)(C)=O. The molecule has 68 valence electrons. The molecule has 5 nitrogen and oxygen atoms in total. The zero-order valence-electron chi connectivity index (χ0n) is 7.14. The van der Waals surface area contributed by atoms with E-state index in [1.165, 1.54) is 14.2 Å². The summed E-state index contributed by atoms with van der Waals surface area (Å²) in [6.07, 6.45) is 0.306. The molecule has 1 amide bonds. The Morgan fingerprint density at radius 2 is 1.73 bits per heavy atom. The number of hydrogen-bond acceptors (Lipinski definition) is 4. The first kappa shape index (κ1) is 13.2. The summed E-state index contributed by atoms with van der Waals surface area (Å²) in [5.41, 5.74) is 0. The van der Waals surface area contributed by atoms with Crippen molar-refractivity contribution in [2.75, 3.05) is 27.5 Å². The summed E-state index contributed by atoms with van der Waals surface area (Å²) < 4.78 is 14.9. The maximum Gasteiger partial charge on any atom is 0.232 e. The summed E-state index contributed by atoms with van der Waals surface area (Å²) in [7, 11) is 0.542. The molecule has 0 rings (SSSR count). The summed E-state index contributed by atoms with van der Waals surface area (Å²) in [5, 5.41) is 8.27. The first-order valence-electron chi connectivity index (χ1n) is 2.81. The van der Waals surface area contributed by atoms with Crippen molar-refractivity contribution in [3.05, 3.63) is 0 Å². The third-order valence-corrected chi connectivity index (χ3v) is 1.47. The van der Waals surface area contributed by atoms with Crippen LogP contribution in [-0.2, 0) is 13.9 Å². The smallest absolute Gasteiger partial charge is 0.232 e. The van der Waals surface area contributed by atoms with Gasteiger partial charge in [-0.1, -0.05) is 0 Å². The molecule has 1 N–H and O–H groups in total. The minimum atomic E-state index is -2.15. The number of amides is 1. The second-order valence-electron chi connectivity index (χ2n) is 2.11. The summed E-state index contributed by atoms with van der Waals surface area (Å²) in [6, 6.07) is 0. The highest BCUT2D eigenvalue weighted by Gasteiger charge is 1.99. The van der Waals surface area contributed by atoms with E-state index in [0.717, 1.165) is 0 Å². The molecule has 0 aliphatic rings. The average molecular weight is 183 g/mol. The lowest BCUT2D eigenvalue weighted by Crippen LogP contribution is -2.07. The average Bonchev–Trinajstić information content (AvgIpc) is 1.88. The van der Waals surface area contributed by atoms with Crippen LogP contribution in [0, 0.1) is 0 Å². The van der Waals surface area contributed by atoms with Crippen molar-refractivity contribution in [2.24, 2.45) is 0 Å². The van der Waals surface area contributed by atoms with Crippen molar-refractivity contribution in [1.82, 2.24) is 5.06 Å². The maximum atomic E-state index is 10.4. The van der Waals surface area contributed by atoms with Gasteiger partial charge in [-0.05, 0) is 0 Å². The predicted octanol–water partition coefficient (Wildman–Crippen LogP) is 0.634. The molecule has 0 unspecified atom stereocenters. The molecule has 0 heterocycles. The molecule has 0 spiro atoms. The Morgan fingerprint density at radius 3 is 1.73 bits per heavy atom. The molecule has 0 fully saturated rings. The lowest BCUT2D eigenvalue weighted by Gasteiger charge is -1.98. The van der Waals surface area contributed by atoms with Crippen LogP contribution < -0.4 is 0 Å². The molecular formula is C5H14NO4P. The Morgan fingerprint density at radius 1 is 1.55 bits per heavy atom. The Bertz CT molecular complexity index is 141. The first-order chi connectivity index (χ1) is 4.83. The van der Waals surface area contributed by atoms with Gasteiger partial charge in [0, 0.05) is 27.5 Å². The molecule has 0 radical (unpaired) electrons. The van der Waals surface area contributed by atoms with Gasteiger partial charge in [0.2, 0.25) is 6.41 Å². The van der Waals surface area contributed by atoms with Gasteiger partial charge in [0.05, 0.1) is 0 Å². The largest absolute Gasteiger partial charge is 0.332 e. The number of rotatable bonds is 2. The summed E-state index contributed by atoms with van der Waals surface area (Å²) in [4.78, 5) is 9.18. The highest BCUT2D eigenvalue weighted by Crippen LogP contribution is 2.35. The molecule has 0 aliphatic heterocycles. The molecule has 0 saturated carbocycles. The third kappa shape index (κ3) is 26.2. The number of hydroxylamine groups is 2. The Balaban J connectivity index is 0.